The second-order valence-corrected chi connectivity index (χ2v) is 3.46. The van der Waals surface area contributed by atoms with E-state index in [0.717, 1.165) is 11.1 Å². The molecule has 0 saturated heterocycles. The summed E-state index contributed by atoms with van der Waals surface area (Å²) in [4.78, 5) is 0. The van der Waals surface area contributed by atoms with Gasteiger partial charge in [-0.15, -0.1) is 10.2 Å². The van der Waals surface area contributed by atoms with Gasteiger partial charge in [-0.3, -0.25) is 0 Å². The van der Waals surface area contributed by atoms with E-state index in [2.05, 4.69) is 26.1 Å². The number of thioether (sulfide) groups is 1. The fraction of sp³-hybridized carbons (Fsp3) is 0.600. The van der Waals surface area contributed by atoms with Gasteiger partial charge in [0.2, 0.25) is 5.89 Å². The maximum atomic E-state index is 5.11. The second-order valence-electron chi connectivity index (χ2n) is 1.62. The van der Waals surface area contributed by atoms with Gasteiger partial charge in [-0.05, 0) is 0 Å². The minimum atomic E-state index is 0.622. The molecule has 0 aromatic carbocycles. The number of hydrogen-bond donors (Lipinski definition) is 0. The summed E-state index contributed by atoms with van der Waals surface area (Å²) in [6.45, 7) is 1.78. The zero-order valence-corrected chi connectivity index (χ0v) is 7.91. The molecule has 5 heteroatoms. The standard InChI is InChI=1S/C5H7BrN2OS/c1-4-7-8-5(9-4)10-3-2-6/h2-3H2,1H3. The number of alkyl halides is 1. The smallest absolute Gasteiger partial charge is 0.276 e. The van der Waals surface area contributed by atoms with E-state index in [9.17, 15) is 0 Å². The molecule has 0 radical (unpaired) electrons. The number of aromatic nitrogens is 2. The summed E-state index contributed by atoms with van der Waals surface area (Å²) in [7, 11) is 0. The molecule has 0 spiro atoms. The van der Waals surface area contributed by atoms with Crippen LogP contribution in [0.1, 0.15) is 5.89 Å². The molecule has 56 valence electrons. The molecule has 0 saturated carbocycles. The molecule has 0 atom stereocenters. The minimum absolute atomic E-state index is 0.622. The molecule has 0 unspecified atom stereocenters. The third-order valence-corrected chi connectivity index (χ3v) is 2.55. The molecule has 10 heavy (non-hydrogen) atoms. The predicted molar refractivity (Wildman–Crippen MR) is 43.6 cm³/mol. The van der Waals surface area contributed by atoms with Gasteiger partial charge in [0.05, 0.1) is 0 Å². The lowest BCUT2D eigenvalue weighted by Gasteiger charge is -1.86. The van der Waals surface area contributed by atoms with Gasteiger partial charge in [-0.2, -0.15) is 0 Å². The fourth-order valence-corrected chi connectivity index (χ4v) is 1.48. The molecule has 0 fully saturated rings. The van der Waals surface area contributed by atoms with Crippen LogP contribution in [0.25, 0.3) is 0 Å². The van der Waals surface area contributed by atoms with Crippen molar-refractivity contribution in [2.75, 3.05) is 11.1 Å². The molecule has 1 heterocycles. The second kappa shape index (κ2) is 3.98. The highest BCUT2D eigenvalue weighted by atomic mass is 79.9. The van der Waals surface area contributed by atoms with Crippen LogP contribution in [0.4, 0.5) is 0 Å². The summed E-state index contributed by atoms with van der Waals surface area (Å²) < 4.78 is 5.11. The largest absolute Gasteiger partial charge is 0.416 e. The minimum Gasteiger partial charge on any atom is -0.416 e. The molecule has 3 nitrogen and oxygen atoms in total. The van der Waals surface area contributed by atoms with Gasteiger partial charge in [0.1, 0.15) is 0 Å². The Kier molecular flexibility index (Phi) is 3.21. The molecule has 1 aromatic heterocycles. The van der Waals surface area contributed by atoms with E-state index in [-0.39, 0.29) is 0 Å². The quantitative estimate of drug-likeness (QED) is 0.579. The summed E-state index contributed by atoms with van der Waals surface area (Å²) in [5.74, 6) is 1.58. The fourth-order valence-electron chi connectivity index (χ4n) is 0.463. The van der Waals surface area contributed by atoms with Crippen LogP contribution < -0.4 is 0 Å². The van der Waals surface area contributed by atoms with Crippen molar-refractivity contribution in [1.29, 1.82) is 0 Å². The molecule has 0 aliphatic rings. The lowest BCUT2D eigenvalue weighted by Crippen LogP contribution is -1.77. The molecule has 0 N–H and O–H groups in total. The van der Waals surface area contributed by atoms with Gasteiger partial charge < -0.3 is 4.42 Å². The van der Waals surface area contributed by atoms with Crippen molar-refractivity contribution >= 4 is 27.7 Å². The van der Waals surface area contributed by atoms with E-state index in [4.69, 9.17) is 4.42 Å². The lowest BCUT2D eigenvalue weighted by molar-refractivity contribution is 0.429. The van der Waals surface area contributed by atoms with Crippen molar-refractivity contribution in [3.05, 3.63) is 5.89 Å². The van der Waals surface area contributed by atoms with Crippen molar-refractivity contribution in [1.82, 2.24) is 10.2 Å². The molecular weight excluding hydrogens is 216 g/mol. The predicted octanol–water partition coefficient (Wildman–Crippen LogP) is 1.87. The average molecular weight is 223 g/mol. The van der Waals surface area contributed by atoms with Crippen molar-refractivity contribution in [3.63, 3.8) is 0 Å². The molecular formula is C5H7BrN2OS. The maximum Gasteiger partial charge on any atom is 0.276 e. The first-order valence-electron chi connectivity index (χ1n) is 2.82. The van der Waals surface area contributed by atoms with E-state index in [1.54, 1.807) is 18.7 Å². The monoisotopic (exact) mass is 222 g/mol. The number of halogens is 1. The van der Waals surface area contributed by atoms with Crippen LogP contribution in [-0.4, -0.2) is 21.3 Å². The number of hydrogen-bond acceptors (Lipinski definition) is 4. The highest BCUT2D eigenvalue weighted by molar-refractivity contribution is 9.09. The molecule has 0 aliphatic heterocycles. The van der Waals surface area contributed by atoms with Gasteiger partial charge >= 0.3 is 0 Å². The summed E-state index contributed by atoms with van der Waals surface area (Å²) in [6, 6.07) is 0. The first-order valence-corrected chi connectivity index (χ1v) is 4.92. The highest BCUT2D eigenvalue weighted by Crippen LogP contribution is 2.15. The SMILES string of the molecule is Cc1nnc(SCCBr)o1. The van der Waals surface area contributed by atoms with Crippen LogP contribution in [0.2, 0.25) is 0 Å². The topological polar surface area (TPSA) is 38.9 Å². The summed E-state index contributed by atoms with van der Waals surface area (Å²) in [6.07, 6.45) is 0. The lowest BCUT2D eigenvalue weighted by atomic mass is 10.8. The van der Waals surface area contributed by atoms with Crippen molar-refractivity contribution in [3.8, 4) is 0 Å². The van der Waals surface area contributed by atoms with Crippen LogP contribution in [-0.2, 0) is 0 Å². The zero-order valence-electron chi connectivity index (χ0n) is 5.50. The van der Waals surface area contributed by atoms with Gasteiger partial charge in [-0.25, -0.2) is 0 Å². The van der Waals surface area contributed by atoms with Crippen molar-refractivity contribution < 1.29 is 4.42 Å². The van der Waals surface area contributed by atoms with Crippen LogP contribution in [0.15, 0.2) is 9.64 Å². The summed E-state index contributed by atoms with van der Waals surface area (Å²) in [5, 5.41) is 9.09. The van der Waals surface area contributed by atoms with Crippen molar-refractivity contribution in [2.45, 2.75) is 12.1 Å². The van der Waals surface area contributed by atoms with Gasteiger partial charge in [-0.1, -0.05) is 27.7 Å². The normalized spacial score (nSPS) is 10.2. The van der Waals surface area contributed by atoms with Crippen LogP contribution in [0.3, 0.4) is 0 Å². The van der Waals surface area contributed by atoms with E-state index >= 15 is 0 Å². The Morgan fingerprint density at radius 1 is 1.60 bits per heavy atom. The van der Waals surface area contributed by atoms with Crippen molar-refractivity contribution in [2.24, 2.45) is 0 Å². The third-order valence-electron chi connectivity index (χ3n) is 0.810. The van der Waals surface area contributed by atoms with Gasteiger partial charge in [0, 0.05) is 18.0 Å². The zero-order chi connectivity index (χ0) is 7.40. The maximum absolute atomic E-state index is 5.11. The molecule has 0 bridgehead atoms. The van der Waals surface area contributed by atoms with Crippen LogP contribution in [0, 0.1) is 6.92 Å². The first kappa shape index (κ1) is 8.07. The Labute approximate surface area is 71.7 Å². The van der Waals surface area contributed by atoms with E-state index in [0.29, 0.717) is 11.1 Å². The third kappa shape index (κ3) is 2.30. The first-order chi connectivity index (χ1) is 4.83. The van der Waals surface area contributed by atoms with E-state index < -0.39 is 0 Å². The Morgan fingerprint density at radius 2 is 2.40 bits per heavy atom. The number of rotatable bonds is 3. The molecule has 0 amide bonds. The summed E-state index contributed by atoms with van der Waals surface area (Å²) in [5.41, 5.74) is 0. The Morgan fingerprint density at radius 3 is 2.90 bits per heavy atom. The van der Waals surface area contributed by atoms with Gasteiger partial charge in [0.15, 0.2) is 0 Å². The van der Waals surface area contributed by atoms with Gasteiger partial charge in [0.25, 0.3) is 5.22 Å². The average Bonchev–Trinajstić information content (AvgIpc) is 2.31. The van der Waals surface area contributed by atoms with Crippen LogP contribution >= 0.6 is 27.7 Å². The number of nitrogens with zero attached hydrogens (tertiary/aromatic N) is 2. The van der Waals surface area contributed by atoms with Crippen LogP contribution in [0.5, 0.6) is 0 Å². The number of aryl methyl sites for hydroxylation is 1. The Balaban J connectivity index is 2.42. The van der Waals surface area contributed by atoms with E-state index in [1.165, 1.54) is 0 Å². The molecule has 1 aromatic rings. The van der Waals surface area contributed by atoms with E-state index in [1.807, 2.05) is 0 Å². The molecule has 1 rings (SSSR count). The highest BCUT2D eigenvalue weighted by Gasteiger charge is 2.00. The Bertz CT molecular complexity index is 203. The molecule has 0 aliphatic carbocycles. The summed E-state index contributed by atoms with van der Waals surface area (Å²) >= 11 is 4.86. The Hall–Kier alpha value is -0.0300.